The van der Waals surface area contributed by atoms with E-state index < -0.39 is 155 Å². The molecule has 45 heteroatoms. The monoisotopic (exact) mass is 2050 g/mol. The molecule has 0 aromatic heterocycles. The summed E-state index contributed by atoms with van der Waals surface area (Å²) >= 11 is 0. The van der Waals surface area contributed by atoms with E-state index in [1.165, 1.54) is 79.7 Å². The molecule has 3 aromatic rings. The molecule has 0 radical (unpaired) electrons. The molecule has 150 heavy (non-hydrogen) atoms. The van der Waals surface area contributed by atoms with Gasteiger partial charge in [-0.3, -0.25) is 86.3 Å². The number of nitrogens with zero attached hydrogens (tertiary/aromatic N) is 9. The van der Waals surface area contributed by atoms with Gasteiger partial charge < -0.3 is 43.2 Å². The highest BCUT2D eigenvalue weighted by atomic mass is 16.8. The van der Waals surface area contributed by atoms with Gasteiger partial charge >= 0.3 is 53.7 Å². The van der Waals surface area contributed by atoms with Gasteiger partial charge in [0.1, 0.15) is 12.8 Å². The number of esters is 3. The number of hydrogen-bond acceptors (Lipinski definition) is 36. The Balaban J connectivity index is 0.000000353. The normalized spacial score (nSPS) is 15.3. The van der Waals surface area contributed by atoms with Gasteiger partial charge in [0.15, 0.2) is 18.8 Å². The minimum absolute atomic E-state index is 0.0162. The molecule has 0 bridgehead atoms. The topological polar surface area (TPSA) is 573 Å². The smallest absolute Gasteiger partial charge is 0.409 e. The molecule has 12 rings (SSSR count). The van der Waals surface area contributed by atoms with Crippen LogP contribution in [0.2, 0.25) is 0 Å². The number of imide groups is 9. The first-order chi connectivity index (χ1) is 70.8. The Morgan fingerprint density at radius 2 is 0.613 bits per heavy atom. The maximum atomic E-state index is 11.9. The van der Waals surface area contributed by atoms with Crippen LogP contribution in [0.4, 0.5) is 17.1 Å². The first kappa shape index (κ1) is 121. The van der Waals surface area contributed by atoms with Gasteiger partial charge in [-0.15, -0.1) is 38.0 Å². The molecule has 2 unspecified atom stereocenters. The third-order valence-corrected chi connectivity index (χ3v) is 18.5. The third kappa shape index (κ3) is 34.9. The molecule has 9 fully saturated rings. The zero-order chi connectivity index (χ0) is 113. The summed E-state index contributed by atoms with van der Waals surface area (Å²) in [4.78, 5) is 334. The Labute approximate surface area is 855 Å². The van der Waals surface area contributed by atoms with Crippen LogP contribution >= 0.6 is 0 Å². The van der Waals surface area contributed by atoms with Crippen molar-refractivity contribution in [1.29, 1.82) is 0 Å². The number of benzene rings is 3. The SMILES string of the molecule is C#CC(=O)ON1C(=O)CC(=C)C1=O.C#CC(C)OC(=O)c1ccc(N2C(=O)CC(=C)C2=O)cc1.C#CC(CC)OC(=O)c1ccc(N2C(=O)CC(=C)C2=O)cc1.C#CCC(=O)ON1C(=O)CC(=C)C1=O.C#CCOC(=O)c1ccc(N2C(=O)CC(=C)C2=O)cc1.C=C1CC(=O)N(OC(=O)C#CC)C1=O.C=C1CC(=O)N(OC(=O)C#CCC)C1=O.C=C1CC(=O)N(OC(=O)C#CCCC)C1=O.C=C1CC(=O)N(OC(=O)CC#CC)C1=O. The second-order valence-electron chi connectivity index (χ2n) is 29.8. The first-order valence-electron chi connectivity index (χ1n) is 43.0. The first-order valence-corrected chi connectivity index (χ1v) is 43.0. The summed E-state index contributed by atoms with van der Waals surface area (Å²) in [5.74, 6) is 12.0. The van der Waals surface area contributed by atoms with Crippen molar-refractivity contribution >= 4 is 177 Å². The van der Waals surface area contributed by atoms with Crippen molar-refractivity contribution < 1.29 is 173 Å². The van der Waals surface area contributed by atoms with Crippen molar-refractivity contribution in [3.05, 3.63) is 199 Å². The number of ether oxygens (including phenoxy) is 3. The molecule has 45 nitrogen and oxygen atoms in total. The van der Waals surface area contributed by atoms with E-state index >= 15 is 0 Å². The van der Waals surface area contributed by atoms with Gasteiger partial charge in [0.25, 0.3) is 88.6 Å². The number of carbonyl (C=O) groups is 27. The minimum atomic E-state index is -1.09. The molecule has 768 valence electrons. The number of amides is 18. The van der Waals surface area contributed by atoms with Crippen LogP contribution in [0.1, 0.15) is 169 Å². The summed E-state index contributed by atoms with van der Waals surface area (Å²) in [6.07, 6.45) is 25.0. The van der Waals surface area contributed by atoms with Crippen molar-refractivity contribution in [1.82, 2.24) is 30.4 Å². The van der Waals surface area contributed by atoms with Crippen LogP contribution in [0, 0.1) is 109 Å². The Morgan fingerprint density at radius 3 is 0.867 bits per heavy atom. The quantitative estimate of drug-likeness (QED) is 0.0505. The molecule has 0 N–H and O–H groups in total. The van der Waals surface area contributed by atoms with Crippen molar-refractivity contribution in [2.75, 3.05) is 21.3 Å². The van der Waals surface area contributed by atoms with Crippen LogP contribution < -0.4 is 14.7 Å². The zero-order valence-corrected chi connectivity index (χ0v) is 80.9. The van der Waals surface area contributed by atoms with E-state index in [1.54, 1.807) is 26.7 Å². The standard InChI is InChI=1S/C17H15NO4.C16H13NO4.C15H11NO4.C11H11NO4.2C10H9NO4.2C9H7NO4.C8H5NO4/c1-4-14(5-2)22-17(21)12-6-8-13(9-7-12)18-15(19)10-11(3)16(18)20;1-4-11(3)21-16(20)12-5-7-13(8-6-12)17-14(18)9-10(2)15(17)19;1-3-8-20-15(19)11-4-6-12(7-5-11)16-13(17)9-10(2)14(16)18;1-3-4-5-6-10(14)16-12-9(13)7-8(2)11(12)15;2*1-3-4-5-9(13)15-11-8(12)6-7(2)10(11)14;2*1-3-4-8(12)14-10-7(11)5-6(2)9(10)13;1-3-7(11)13-9-6(10)4-5(2)8(9)12/h1,6-9,14H,3,5,10H2,2H3;1,5-8,11H,2,9H2,3H3;1,4-7H,2,8-9H2;2-4,7H2,1H3;2,5-6H2,1H3;2-3,6H2,1H3;2,5H2,1H3;1H,2,4-5H2;1H,2,4H2. The van der Waals surface area contributed by atoms with Gasteiger partial charge in [-0.25, -0.2) is 57.9 Å². The second-order valence-corrected chi connectivity index (χ2v) is 29.8. The van der Waals surface area contributed by atoms with Gasteiger partial charge in [-0.05, 0) is 106 Å². The second kappa shape index (κ2) is 58.3. The van der Waals surface area contributed by atoms with Crippen LogP contribution in [-0.2, 0) is 158 Å². The number of hydrogen-bond donors (Lipinski definition) is 0. The molecule has 9 heterocycles. The summed E-state index contributed by atoms with van der Waals surface area (Å²) in [6, 6.07) is 17.9. The fourth-order valence-corrected chi connectivity index (χ4v) is 11.3. The molecule has 0 saturated carbocycles. The molecular formula is C105H87N9O36. The highest BCUT2D eigenvalue weighted by Crippen LogP contribution is 2.31. The Morgan fingerprint density at radius 1 is 0.327 bits per heavy atom. The fourth-order valence-electron chi connectivity index (χ4n) is 11.3. The van der Waals surface area contributed by atoms with Crippen LogP contribution in [0.15, 0.2) is 182 Å². The molecule has 9 saturated heterocycles. The molecule has 0 spiro atoms. The number of anilines is 3. The average molecular weight is 2050 g/mol. The number of terminal acetylenes is 5. The molecule has 3 aromatic carbocycles. The van der Waals surface area contributed by atoms with Gasteiger partial charge in [0.2, 0.25) is 17.7 Å². The maximum absolute atomic E-state index is 11.9. The minimum Gasteiger partial charge on any atom is -0.449 e. The third-order valence-electron chi connectivity index (χ3n) is 18.5. The lowest BCUT2D eigenvalue weighted by Crippen LogP contribution is -2.32. The van der Waals surface area contributed by atoms with Crippen LogP contribution in [0.5, 0.6) is 0 Å². The van der Waals surface area contributed by atoms with Crippen molar-refractivity contribution in [2.24, 2.45) is 0 Å². The number of rotatable bonds is 19. The van der Waals surface area contributed by atoms with Crippen molar-refractivity contribution in [2.45, 2.75) is 150 Å². The lowest BCUT2D eigenvalue weighted by molar-refractivity contribution is -0.196. The van der Waals surface area contributed by atoms with E-state index in [0.717, 1.165) is 21.1 Å². The summed E-state index contributed by atoms with van der Waals surface area (Å²) in [5, 5.41) is 2.34. The van der Waals surface area contributed by atoms with Gasteiger partial charge in [0, 0.05) is 86.7 Å². The summed E-state index contributed by atoms with van der Waals surface area (Å²) < 4.78 is 14.9. The highest BCUT2D eigenvalue weighted by molar-refractivity contribution is 6.30. The van der Waals surface area contributed by atoms with E-state index in [0.29, 0.717) is 83.4 Å². The van der Waals surface area contributed by atoms with E-state index in [-0.39, 0.29) is 145 Å². The maximum Gasteiger partial charge on any atom is 0.409 e. The van der Waals surface area contributed by atoms with Gasteiger partial charge in [0.05, 0.1) is 91.5 Å². The summed E-state index contributed by atoms with van der Waals surface area (Å²) in [6.45, 7) is 40.7. The molecule has 9 aliphatic rings. The van der Waals surface area contributed by atoms with Crippen LogP contribution in [0.3, 0.4) is 0 Å². The molecule has 2 atom stereocenters. The summed E-state index contributed by atoms with van der Waals surface area (Å²) in [7, 11) is 0. The molecule has 0 aliphatic carbocycles. The molecule has 18 amide bonds. The number of hydroxylamine groups is 12. The van der Waals surface area contributed by atoms with E-state index in [9.17, 15) is 129 Å². The predicted octanol–water partition coefficient (Wildman–Crippen LogP) is 4.92. The van der Waals surface area contributed by atoms with Gasteiger partial charge in [-0.2, -0.15) is 0 Å². The Bertz CT molecular complexity index is 6840. The van der Waals surface area contributed by atoms with Crippen molar-refractivity contribution in [3.8, 4) is 109 Å². The highest BCUT2D eigenvalue weighted by Gasteiger charge is 2.43. The van der Waals surface area contributed by atoms with Gasteiger partial charge in [-0.1, -0.05) is 158 Å². The van der Waals surface area contributed by atoms with E-state index in [4.69, 9.17) is 39.9 Å². The molecular weight excluding hydrogens is 1960 g/mol. The average Bonchev–Trinajstić information content (AvgIpc) is 1.67. The Hall–Kier alpha value is -21.1. The lowest BCUT2D eigenvalue weighted by atomic mass is 10.2. The van der Waals surface area contributed by atoms with Crippen LogP contribution in [0.25, 0.3) is 0 Å². The number of carbonyl (C=O) groups excluding carboxylic acids is 27. The van der Waals surface area contributed by atoms with E-state index in [1.807, 2.05) is 25.7 Å². The van der Waals surface area contributed by atoms with Crippen molar-refractivity contribution in [3.63, 3.8) is 0 Å². The largest absolute Gasteiger partial charge is 0.449 e. The Kier molecular flexibility index (Phi) is 47.1. The summed E-state index contributed by atoms with van der Waals surface area (Å²) in [5.41, 5.74) is 3.46. The number of unbranched alkanes of at least 4 members (excludes halogenated alkanes) is 1. The molecule has 9 aliphatic heterocycles. The predicted molar refractivity (Wildman–Crippen MR) is 514 cm³/mol. The van der Waals surface area contributed by atoms with Crippen LogP contribution in [-0.4, -0.2) is 209 Å². The van der Waals surface area contributed by atoms with E-state index in [2.05, 4.69) is 154 Å². The lowest BCUT2D eigenvalue weighted by Gasteiger charge is -2.14. The fraction of sp³-hybridized carbons (Fsp3) is 0.229. The zero-order valence-electron chi connectivity index (χ0n) is 80.9.